The minimum absolute atomic E-state index is 0.105. The Hall–Kier alpha value is -1.41. The van der Waals surface area contributed by atoms with Crippen LogP contribution in [0.1, 0.15) is 11.4 Å². The highest BCUT2D eigenvalue weighted by atomic mass is 79.9. The summed E-state index contributed by atoms with van der Waals surface area (Å²) in [7, 11) is -1.86. The van der Waals surface area contributed by atoms with Crippen molar-refractivity contribution in [2.24, 2.45) is 7.05 Å². The number of nitrogens with zero attached hydrogens (tertiary/aromatic N) is 3. The summed E-state index contributed by atoms with van der Waals surface area (Å²) in [6.07, 6.45) is 0. The van der Waals surface area contributed by atoms with E-state index in [1.54, 1.807) is 38.2 Å². The molecular weight excluding hydrogens is 332 g/mol. The van der Waals surface area contributed by atoms with E-state index in [0.29, 0.717) is 11.4 Å². The maximum atomic E-state index is 12.0. The molecule has 1 heterocycles. The number of benzene rings is 1. The average Bonchev–Trinajstić information content (AvgIpc) is 2.59. The first-order valence-corrected chi connectivity index (χ1v) is 7.93. The van der Waals surface area contributed by atoms with E-state index in [9.17, 15) is 8.42 Å². The lowest BCUT2D eigenvalue weighted by atomic mass is 10.2. The van der Waals surface area contributed by atoms with Gasteiger partial charge >= 0.3 is 0 Å². The molecule has 0 saturated heterocycles. The Kier molecular flexibility index (Phi) is 3.91. The third kappa shape index (κ3) is 3.77. The van der Waals surface area contributed by atoms with Crippen molar-refractivity contribution in [3.63, 3.8) is 0 Å². The number of halogens is 1. The predicted molar refractivity (Wildman–Crippen MR) is 76.1 cm³/mol. The fraction of sp³-hybridized carbons (Fsp3) is 0.273. The second-order valence-corrected chi connectivity index (χ2v) is 6.73. The van der Waals surface area contributed by atoms with Crippen LogP contribution in [0, 0.1) is 6.92 Å². The third-order valence-electron chi connectivity index (χ3n) is 2.39. The Labute approximate surface area is 120 Å². The number of aromatic nitrogens is 3. The first-order chi connectivity index (χ1) is 8.85. The molecule has 0 spiro atoms. The Morgan fingerprint density at radius 3 is 2.47 bits per heavy atom. The van der Waals surface area contributed by atoms with Crippen LogP contribution in [0.15, 0.2) is 28.7 Å². The minimum atomic E-state index is -3.50. The van der Waals surface area contributed by atoms with Crippen LogP contribution in [0.4, 0.5) is 5.95 Å². The maximum absolute atomic E-state index is 12.0. The summed E-state index contributed by atoms with van der Waals surface area (Å²) in [5.41, 5.74) is 0.703. The molecule has 0 atom stereocenters. The van der Waals surface area contributed by atoms with Gasteiger partial charge in [-0.1, -0.05) is 28.1 Å². The number of nitrogens with one attached hydrogen (secondary N) is 1. The van der Waals surface area contributed by atoms with E-state index < -0.39 is 10.0 Å². The van der Waals surface area contributed by atoms with E-state index in [2.05, 4.69) is 30.7 Å². The monoisotopic (exact) mass is 344 g/mol. The molecule has 0 unspecified atom stereocenters. The highest BCUT2D eigenvalue weighted by Gasteiger charge is 2.15. The van der Waals surface area contributed by atoms with Crippen molar-refractivity contribution < 1.29 is 8.42 Å². The van der Waals surface area contributed by atoms with E-state index in [1.165, 1.54) is 4.68 Å². The number of anilines is 1. The van der Waals surface area contributed by atoms with Gasteiger partial charge in [0.15, 0.2) is 0 Å². The Balaban J connectivity index is 2.15. The molecule has 0 bridgehead atoms. The van der Waals surface area contributed by atoms with Gasteiger partial charge in [0, 0.05) is 11.5 Å². The van der Waals surface area contributed by atoms with Crippen LogP contribution in [0.3, 0.4) is 0 Å². The third-order valence-corrected chi connectivity index (χ3v) is 4.12. The molecule has 1 aromatic carbocycles. The molecular formula is C11H13BrN4O2S. The Morgan fingerprint density at radius 2 is 1.95 bits per heavy atom. The summed E-state index contributed by atoms with van der Waals surface area (Å²) in [4.78, 5) is 4.01. The van der Waals surface area contributed by atoms with Crippen LogP contribution < -0.4 is 4.72 Å². The molecule has 0 aliphatic rings. The van der Waals surface area contributed by atoms with E-state index >= 15 is 0 Å². The first-order valence-electron chi connectivity index (χ1n) is 5.48. The molecule has 0 fully saturated rings. The van der Waals surface area contributed by atoms with Gasteiger partial charge in [0.2, 0.25) is 16.0 Å². The van der Waals surface area contributed by atoms with Crippen molar-refractivity contribution >= 4 is 31.9 Å². The summed E-state index contributed by atoms with van der Waals surface area (Å²) in [5, 5.41) is 3.99. The van der Waals surface area contributed by atoms with Crippen LogP contribution in [-0.2, 0) is 22.8 Å². The Bertz CT molecular complexity index is 679. The fourth-order valence-corrected chi connectivity index (χ4v) is 3.00. The normalized spacial score (nSPS) is 11.5. The van der Waals surface area contributed by atoms with Crippen molar-refractivity contribution in [3.05, 3.63) is 40.1 Å². The molecule has 19 heavy (non-hydrogen) atoms. The van der Waals surface area contributed by atoms with Crippen molar-refractivity contribution in [3.8, 4) is 0 Å². The topological polar surface area (TPSA) is 76.9 Å². The largest absolute Gasteiger partial charge is 0.251 e. The smallest absolute Gasteiger partial charge is 0.239 e. The molecule has 0 radical (unpaired) electrons. The zero-order valence-electron chi connectivity index (χ0n) is 10.5. The van der Waals surface area contributed by atoms with E-state index in [1.807, 2.05) is 0 Å². The van der Waals surface area contributed by atoms with Gasteiger partial charge in [0.25, 0.3) is 0 Å². The van der Waals surface area contributed by atoms with Crippen LogP contribution >= 0.6 is 15.9 Å². The molecule has 102 valence electrons. The number of sulfonamides is 1. The summed E-state index contributed by atoms with van der Waals surface area (Å²) < 4.78 is 28.7. The van der Waals surface area contributed by atoms with Crippen molar-refractivity contribution in [1.82, 2.24) is 14.8 Å². The van der Waals surface area contributed by atoms with Gasteiger partial charge in [0.1, 0.15) is 5.82 Å². The maximum Gasteiger partial charge on any atom is 0.239 e. The summed E-state index contributed by atoms with van der Waals surface area (Å²) in [6.45, 7) is 1.70. The van der Waals surface area contributed by atoms with Crippen LogP contribution in [0.2, 0.25) is 0 Å². The lowest BCUT2D eigenvalue weighted by Crippen LogP contribution is -2.17. The molecule has 1 N–H and O–H groups in total. The summed E-state index contributed by atoms with van der Waals surface area (Å²) in [5.74, 6) is 0.630. The van der Waals surface area contributed by atoms with Crippen LogP contribution in [0.5, 0.6) is 0 Å². The molecule has 0 aliphatic heterocycles. The zero-order valence-corrected chi connectivity index (χ0v) is 12.9. The number of rotatable bonds is 4. The van der Waals surface area contributed by atoms with Gasteiger partial charge in [-0.2, -0.15) is 10.1 Å². The molecule has 0 aliphatic carbocycles. The molecule has 2 aromatic rings. The first kappa shape index (κ1) is 14.0. The van der Waals surface area contributed by atoms with Gasteiger partial charge < -0.3 is 0 Å². The standard InChI is InChI=1S/C11H13BrN4O2S/c1-8-13-11(16(2)14-8)15-19(17,18)7-9-3-5-10(12)6-4-9/h3-6H,7H2,1-2H3,(H,13,14,15). The van der Waals surface area contributed by atoms with Crippen LogP contribution in [0.25, 0.3) is 0 Å². The predicted octanol–water partition coefficient (Wildman–Crippen LogP) is 1.83. The van der Waals surface area contributed by atoms with Crippen molar-refractivity contribution in [2.75, 3.05) is 4.72 Å². The summed E-state index contributed by atoms with van der Waals surface area (Å²) >= 11 is 3.30. The lowest BCUT2D eigenvalue weighted by Gasteiger charge is -2.06. The lowest BCUT2D eigenvalue weighted by molar-refractivity contribution is 0.599. The van der Waals surface area contributed by atoms with E-state index in [4.69, 9.17) is 0 Å². The minimum Gasteiger partial charge on any atom is -0.251 e. The highest BCUT2D eigenvalue weighted by Crippen LogP contribution is 2.14. The van der Waals surface area contributed by atoms with E-state index in [0.717, 1.165) is 4.47 Å². The van der Waals surface area contributed by atoms with Gasteiger partial charge in [-0.15, -0.1) is 0 Å². The van der Waals surface area contributed by atoms with Gasteiger partial charge in [-0.25, -0.2) is 13.1 Å². The average molecular weight is 345 g/mol. The molecule has 6 nitrogen and oxygen atoms in total. The molecule has 2 rings (SSSR count). The number of hydrogen-bond acceptors (Lipinski definition) is 4. The quantitative estimate of drug-likeness (QED) is 0.917. The number of hydrogen-bond donors (Lipinski definition) is 1. The van der Waals surface area contributed by atoms with E-state index in [-0.39, 0.29) is 11.7 Å². The van der Waals surface area contributed by atoms with Gasteiger partial charge in [-0.3, -0.25) is 4.72 Å². The number of aryl methyl sites for hydroxylation is 2. The van der Waals surface area contributed by atoms with Gasteiger partial charge in [0.05, 0.1) is 5.75 Å². The fourth-order valence-electron chi connectivity index (χ4n) is 1.58. The van der Waals surface area contributed by atoms with Crippen molar-refractivity contribution in [2.45, 2.75) is 12.7 Å². The second-order valence-electron chi connectivity index (χ2n) is 4.09. The second kappa shape index (κ2) is 5.30. The molecule has 0 saturated carbocycles. The van der Waals surface area contributed by atoms with Crippen LogP contribution in [-0.4, -0.2) is 23.2 Å². The van der Waals surface area contributed by atoms with Gasteiger partial charge in [-0.05, 0) is 24.6 Å². The SMILES string of the molecule is Cc1nc(NS(=O)(=O)Cc2ccc(Br)cc2)n(C)n1. The molecule has 1 aromatic heterocycles. The zero-order chi connectivity index (χ0) is 14.0. The van der Waals surface area contributed by atoms with Crippen molar-refractivity contribution in [1.29, 1.82) is 0 Å². The highest BCUT2D eigenvalue weighted by molar-refractivity contribution is 9.10. The molecule has 8 heteroatoms. The Morgan fingerprint density at radius 1 is 1.32 bits per heavy atom. The molecule has 0 amide bonds. The summed E-state index contributed by atoms with van der Waals surface area (Å²) in [6, 6.07) is 7.12.